The topological polar surface area (TPSA) is 54.9 Å². The first-order valence-corrected chi connectivity index (χ1v) is 9.36. The molecule has 3 aromatic rings. The summed E-state index contributed by atoms with van der Waals surface area (Å²) in [4.78, 5) is 21.0. The zero-order valence-corrected chi connectivity index (χ0v) is 14.6. The molecule has 0 radical (unpaired) electrons. The molecule has 1 aromatic carbocycles. The minimum atomic E-state index is 0.0968. The summed E-state index contributed by atoms with van der Waals surface area (Å²) in [5.74, 6) is 0.574. The Morgan fingerprint density at radius 3 is 2.88 bits per heavy atom. The van der Waals surface area contributed by atoms with Gasteiger partial charge in [0, 0.05) is 42.2 Å². The van der Waals surface area contributed by atoms with Gasteiger partial charge in [-0.25, -0.2) is 4.98 Å². The summed E-state index contributed by atoms with van der Waals surface area (Å²) in [7, 11) is 0. The fourth-order valence-electron chi connectivity index (χ4n) is 3.03. The van der Waals surface area contributed by atoms with Gasteiger partial charge >= 0.3 is 0 Å². The van der Waals surface area contributed by atoms with Crippen molar-refractivity contribution in [3.8, 4) is 10.6 Å². The van der Waals surface area contributed by atoms with Crippen LogP contribution in [0.5, 0.6) is 0 Å². The van der Waals surface area contributed by atoms with E-state index < -0.39 is 0 Å². The molecular formula is C20H19N3OS. The number of rotatable bonds is 6. The third-order valence-corrected chi connectivity index (χ3v) is 5.43. The molecule has 0 aliphatic heterocycles. The SMILES string of the molecule is O=C(NCCc1csc(-c2ccccc2)n1)[C@@H]1C[C@@H]1c1cccnc1. The van der Waals surface area contributed by atoms with Crippen molar-refractivity contribution < 1.29 is 4.79 Å². The lowest BCUT2D eigenvalue weighted by Gasteiger charge is -2.04. The van der Waals surface area contributed by atoms with Crippen LogP contribution in [0.4, 0.5) is 0 Å². The van der Waals surface area contributed by atoms with Crippen LogP contribution in [0.15, 0.2) is 60.2 Å². The van der Waals surface area contributed by atoms with E-state index in [-0.39, 0.29) is 11.8 Å². The molecule has 1 saturated carbocycles. The number of carbonyl (C=O) groups excluding carboxylic acids is 1. The molecule has 1 amide bonds. The molecule has 4 nitrogen and oxygen atoms in total. The number of hydrogen-bond donors (Lipinski definition) is 1. The van der Waals surface area contributed by atoms with Gasteiger partial charge in [0.05, 0.1) is 5.69 Å². The van der Waals surface area contributed by atoms with Crippen LogP contribution < -0.4 is 5.32 Å². The number of benzene rings is 1. The number of thiazole rings is 1. The second-order valence-corrected chi connectivity index (χ2v) is 7.14. The Labute approximate surface area is 151 Å². The Hall–Kier alpha value is -2.53. The van der Waals surface area contributed by atoms with Gasteiger partial charge in [0.25, 0.3) is 0 Å². The van der Waals surface area contributed by atoms with Gasteiger partial charge in [0.2, 0.25) is 5.91 Å². The number of carbonyl (C=O) groups is 1. The maximum absolute atomic E-state index is 12.3. The van der Waals surface area contributed by atoms with E-state index in [9.17, 15) is 4.79 Å². The second-order valence-electron chi connectivity index (χ2n) is 6.29. The lowest BCUT2D eigenvalue weighted by atomic mass is 10.1. The zero-order valence-electron chi connectivity index (χ0n) is 13.8. The third kappa shape index (κ3) is 3.77. The van der Waals surface area contributed by atoms with E-state index in [1.165, 1.54) is 0 Å². The normalized spacial score (nSPS) is 18.7. The Bertz CT molecular complexity index is 848. The van der Waals surface area contributed by atoms with Crippen LogP contribution in [0.25, 0.3) is 10.6 Å². The minimum absolute atomic E-state index is 0.0968. The van der Waals surface area contributed by atoms with Gasteiger partial charge in [-0.3, -0.25) is 9.78 Å². The monoisotopic (exact) mass is 349 g/mol. The number of amides is 1. The van der Waals surface area contributed by atoms with Crippen molar-refractivity contribution in [2.45, 2.75) is 18.8 Å². The molecule has 1 aliphatic carbocycles. The molecule has 2 atom stereocenters. The summed E-state index contributed by atoms with van der Waals surface area (Å²) in [6.45, 7) is 0.632. The van der Waals surface area contributed by atoms with Crippen molar-refractivity contribution in [3.63, 3.8) is 0 Å². The Morgan fingerprint density at radius 1 is 1.20 bits per heavy atom. The molecule has 2 aromatic heterocycles. The lowest BCUT2D eigenvalue weighted by molar-refractivity contribution is -0.122. The van der Waals surface area contributed by atoms with Gasteiger partial charge in [0.15, 0.2) is 0 Å². The summed E-state index contributed by atoms with van der Waals surface area (Å²) in [5, 5.41) is 6.15. The fourth-order valence-corrected chi connectivity index (χ4v) is 3.89. The van der Waals surface area contributed by atoms with Gasteiger partial charge in [-0.1, -0.05) is 36.4 Å². The van der Waals surface area contributed by atoms with E-state index in [4.69, 9.17) is 0 Å². The molecule has 0 unspecified atom stereocenters. The summed E-state index contributed by atoms with van der Waals surface area (Å²) in [6.07, 6.45) is 5.31. The highest BCUT2D eigenvalue weighted by molar-refractivity contribution is 7.13. The minimum Gasteiger partial charge on any atom is -0.355 e. The zero-order chi connectivity index (χ0) is 17.1. The quantitative estimate of drug-likeness (QED) is 0.739. The van der Waals surface area contributed by atoms with Crippen molar-refractivity contribution in [2.75, 3.05) is 6.54 Å². The third-order valence-electron chi connectivity index (χ3n) is 4.49. The molecule has 5 heteroatoms. The first-order valence-electron chi connectivity index (χ1n) is 8.49. The number of nitrogens with one attached hydrogen (secondary N) is 1. The average molecular weight is 349 g/mol. The lowest BCUT2D eigenvalue weighted by Crippen LogP contribution is -2.27. The van der Waals surface area contributed by atoms with Gasteiger partial charge in [-0.15, -0.1) is 11.3 Å². The maximum Gasteiger partial charge on any atom is 0.223 e. The fraction of sp³-hybridized carbons (Fsp3) is 0.250. The maximum atomic E-state index is 12.3. The van der Waals surface area contributed by atoms with Crippen molar-refractivity contribution >= 4 is 17.2 Å². The molecular weight excluding hydrogens is 330 g/mol. The van der Waals surface area contributed by atoms with E-state index in [1.807, 2.05) is 36.5 Å². The molecule has 1 N–H and O–H groups in total. The Morgan fingerprint density at radius 2 is 2.08 bits per heavy atom. The summed E-state index contributed by atoms with van der Waals surface area (Å²) in [5.41, 5.74) is 3.33. The molecule has 25 heavy (non-hydrogen) atoms. The predicted molar refractivity (Wildman–Crippen MR) is 99.3 cm³/mol. The van der Waals surface area contributed by atoms with Crippen LogP contribution in [-0.2, 0) is 11.2 Å². The van der Waals surface area contributed by atoms with E-state index in [0.717, 1.165) is 34.7 Å². The molecule has 1 aliphatic rings. The van der Waals surface area contributed by atoms with Crippen LogP contribution >= 0.6 is 11.3 Å². The molecule has 0 saturated heterocycles. The number of pyridine rings is 1. The van der Waals surface area contributed by atoms with Crippen LogP contribution in [-0.4, -0.2) is 22.4 Å². The average Bonchev–Trinajstić information content (AvgIpc) is 3.34. The van der Waals surface area contributed by atoms with Crippen LogP contribution in [0, 0.1) is 5.92 Å². The van der Waals surface area contributed by atoms with E-state index >= 15 is 0 Å². The van der Waals surface area contributed by atoms with Gasteiger partial charge < -0.3 is 5.32 Å². The molecule has 0 spiro atoms. The van der Waals surface area contributed by atoms with Crippen LogP contribution in [0.1, 0.15) is 23.6 Å². The second kappa shape index (κ2) is 7.15. The van der Waals surface area contributed by atoms with Crippen molar-refractivity contribution in [1.82, 2.24) is 15.3 Å². The first-order chi connectivity index (χ1) is 12.3. The van der Waals surface area contributed by atoms with Gasteiger partial charge in [-0.05, 0) is 24.0 Å². The van der Waals surface area contributed by atoms with Crippen LogP contribution in [0.3, 0.4) is 0 Å². The Kier molecular flexibility index (Phi) is 4.57. The highest BCUT2D eigenvalue weighted by atomic mass is 32.1. The van der Waals surface area contributed by atoms with Crippen molar-refractivity contribution in [2.24, 2.45) is 5.92 Å². The van der Waals surface area contributed by atoms with Crippen molar-refractivity contribution in [1.29, 1.82) is 0 Å². The summed E-state index contributed by atoms with van der Waals surface area (Å²) < 4.78 is 0. The van der Waals surface area contributed by atoms with Crippen molar-refractivity contribution in [3.05, 3.63) is 71.5 Å². The Balaban J connectivity index is 1.26. The number of nitrogens with zero attached hydrogens (tertiary/aromatic N) is 2. The predicted octanol–water partition coefficient (Wildman–Crippen LogP) is 3.67. The van der Waals surface area contributed by atoms with E-state index in [0.29, 0.717) is 12.5 Å². The molecule has 126 valence electrons. The van der Waals surface area contributed by atoms with Crippen LogP contribution in [0.2, 0.25) is 0 Å². The first kappa shape index (κ1) is 16.0. The van der Waals surface area contributed by atoms with Gasteiger partial charge in [0.1, 0.15) is 5.01 Å². The van der Waals surface area contributed by atoms with E-state index in [2.05, 4.69) is 32.8 Å². The van der Waals surface area contributed by atoms with Gasteiger partial charge in [-0.2, -0.15) is 0 Å². The standard InChI is InChI=1S/C20H19N3OS/c24-19(18-11-17(18)15-7-4-9-21-12-15)22-10-8-16-13-25-20(23-16)14-5-2-1-3-6-14/h1-7,9,12-13,17-18H,8,10-11H2,(H,22,24)/t17-,18-/m1/s1. The molecule has 4 rings (SSSR count). The largest absolute Gasteiger partial charge is 0.355 e. The molecule has 1 fully saturated rings. The summed E-state index contributed by atoms with van der Waals surface area (Å²) in [6, 6.07) is 14.1. The highest BCUT2D eigenvalue weighted by Gasteiger charge is 2.43. The smallest absolute Gasteiger partial charge is 0.223 e. The number of hydrogen-bond acceptors (Lipinski definition) is 4. The number of aromatic nitrogens is 2. The highest BCUT2D eigenvalue weighted by Crippen LogP contribution is 2.47. The molecule has 0 bridgehead atoms. The van der Waals surface area contributed by atoms with E-state index in [1.54, 1.807) is 17.5 Å². The summed E-state index contributed by atoms with van der Waals surface area (Å²) >= 11 is 1.65. The molecule has 2 heterocycles.